The van der Waals surface area contributed by atoms with Crippen molar-refractivity contribution in [1.82, 2.24) is 5.32 Å². The molecular weight excluding hydrogens is 262 g/mol. The van der Waals surface area contributed by atoms with Crippen molar-refractivity contribution in [2.45, 2.75) is 19.8 Å². The Balaban J connectivity index is 1.99. The molecule has 0 unspecified atom stereocenters. The van der Waals surface area contributed by atoms with Crippen molar-refractivity contribution in [3.63, 3.8) is 0 Å². The fourth-order valence-corrected chi connectivity index (χ4v) is 2.21. The SMILES string of the molecule is COc1cc(C(=O)NC[C@@H](C)c2ccccc2)ccc1C. The number of carbonyl (C=O) groups is 1. The van der Waals surface area contributed by atoms with E-state index in [4.69, 9.17) is 4.74 Å². The molecule has 110 valence electrons. The maximum Gasteiger partial charge on any atom is 0.251 e. The molecule has 2 aromatic carbocycles. The summed E-state index contributed by atoms with van der Waals surface area (Å²) in [6.45, 7) is 4.67. The van der Waals surface area contributed by atoms with Gasteiger partial charge in [0.05, 0.1) is 7.11 Å². The summed E-state index contributed by atoms with van der Waals surface area (Å²) < 4.78 is 5.25. The van der Waals surface area contributed by atoms with Crippen LogP contribution in [0.4, 0.5) is 0 Å². The van der Waals surface area contributed by atoms with Gasteiger partial charge in [0.15, 0.2) is 0 Å². The van der Waals surface area contributed by atoms with Gasteiger partial charge in [0, 0.05) is 12.1 Å². The van der Waals surface area contributed by atoms with Gasteiger partial charge in [-0.1, -0.05) is 43.3 Å². The molecule has 2 rings (SSSR count). The Labute approximate surface area is 126 Å². The van der Waals surface area contributed by atoms with E-state index in [1.807, 2.05) is 37.3 Å². The highest BCUT2D eigenvalue weighted by Gasteiger charge is 2.11. The minimum Gasteiger partial charge on any atom is -0.496 e. The van der Waals surface area contributed by atoms with Crippen molar-refractivity contribution in [3.8, 4) is 5.75 Å². The standard InChI is InChI=1S/C18H21NO2/c1-13-9-10-16(11-17(13)21-3)18(20)19-12-14(2)15-7-5-4-6-8-15/h4-11,14H,12H2,1-3H3,(H,19,20)/t14-/m1/s1. The van der Waals surface area contributed by atoms with Crippen LogP contribution in [0.25, 0.3) is 0 Å². The fourth-order valence-electron chi connectivity index (χ4n) is 2.21. The zero-order valence-corrected chi connectivity index (χ0v) is 12.7. The van der Waals surface area contributed by atoms with Crippen molar-refractivity contribution >= 4 is 5.91 Å². The molecule has 1 N–H and O–H groups in total. The maximum absolute atomic E-state index is 12.2. The Bertz CT molecular complexity index is 608. The number of aryl methyl sites for hydroxylation is 1. The first-order valence-electron chi connectivity index (χ1n) is 7.09. The summed E-state index contributed by atoms with van der Waals surface area (Å²) in [7, 11) is 1.61. The van der Waals surface area contributed by atoms with Crippen LogP contribution in [0.1, 0.15) is 34.3 Å². The second kappa shape index (κ2) is 6.93. The van der Waals surface area contributed by atoms with Gasteiger partial charge in [0.2, 0.25) is 0 Å². The largest absolute Gasteiger partial charge is 0.496 e. The first-order chi connectivity index (χ1) is 10.1. The maximum atomic E-state index is 12.2. The third kappa shape index (κ3) is 3.85. The lowest BCUT2D eigenvalue weighted by Gasteiger charge is -2.13. The highest BCUT2D eigenvalue weighted by Crippen LogP contribution is 2.19. The van der Waals surface area contributed by atoms with Crippen LogP contribution < -0.4 is 10.1 Å². The van der Waals surface area contributed by atoms with E-state index in [-0.39, 0.29) is 11.8 Å². The lowest BCUT2D eigenvalue weighted by molar-refractivity contribution is 0.0951. The zero-order chi connectivity index (χ0) is 15.2. The van der Waals surface area contributed by atoms with E-state index in [1.165, 1.54) is 5.56 Å². The van der Waals surface area contributed by atoms with E-state index < -0.39 is 0 Å². The molecule has 0 heterocycles. The summed E-state index contributed by atoms with van der Waals surface area (Å²) in [5.41, 5.74) is 2.86. The first kappa shape index (κ1) is 15.1. The molecule has 3 heteroatoms. The Morgan fingerprint density at radius 1 is 1.19 bits per heavy atom. The smallest absolute Gasteiger partial charge is 0.251 e. The molecule has 2 aromatic rings. The Morgan fingerprint density at radius 2 is 1.90 bits per heavy atom. The fraction of sp³-hybridized carbons (Fsp3) is 0.278. The first-order valence-corrected chi connectivity index (χ1v) is 7.09. The second-order valence-electron chi connectivity index (χ2n) is 5.21. The van der Waals surface area contributed by atoms with Crippen LogP contribution in [0.5, 0.6) is 5.75 Å². The lowest BCUT2D eigenvalue weighted by atomic mass is 10.0. The number of nitrogens with one attached hydrogen (secondary N) is 1. The number of hydrogen-bond donors (Lipinski definition) is 1. The molecule has 0 aliphatic rings. The molecule has 1 amide bonds. The highest BCUT2D eigenvalue weighted by atomic mass is 16.5. The van der Waals surface area contributed by atoms with Crippen LogP contribution in [0.15, 0.2) is 48.5 Å². The molecule has 0 radical (unpaired) electrons. The van der Waals surface area contributed by atoms with E-state index in [1.54, 1.807) is 13.2 Å². The van der Waals surface area contributed by atoms with E-state index in [0.29, 0.717) is 12.1 Å². The summed E-state index contributed by atoms with van der Waals surface area (Å²) in [5, 5.41) is 2.97. The van der Waals surface area contributed by atoms with Crippen molar-refractivity contribution in [3.05, 3.63) is 65.2 Å². The molecule has 0 bridgehead atoms. The van der Waals surface area contributed by atoms with E-state index in [0.717, 1.165) is 11.3 Å². The molecule has 0 spiro atoms. The molecule has 21 heavy (non-hydrogen) atoms. The van der Waals surface area contributed by atoms with Crippen molar-refractivity contribution in [2.24, 2.45) is 0 Å². The van der Waals surface area contributed by atoms with E-state index in [9.17, 15) is 4.79 Å². The molecule has 0 fully saturated rings. The third-order valence-corrected chi connectivity index (χ3v) is 3.61. The van der Waals surface area contributed by atoms with Crippen LogP contribution in [-0.2, 0) is 0 Å². The molecule has 0 aromatic heterocycles. The van der Waals surface area contributed by atoms with Crippen LogP contribution in [-0.4, -0.2) is 19.6 Å². The number of methoxy groups -OCH3 is 1. The third-order valence-electron chi connectivity index (χ3n) is 3.61. The van der Waals surface area contributed by atoms with Gasteiger partial charge in [0.25, 0.3) is 5.91 Å². The minimum atomic E-state index is -0.0731. The van der Waals surface area contributed by atoms with Crippen LogP contribution >= 0.6 is 0 Å². The lowest BCUT2D eigenvalue weighted by Crippen LogP contribution is -2.27. The Kier molecular flexibility index (Phi) is 4.99. The number of carbonyl (C=O) groups excluding carboxylic acids is 1. The Hall–Kier alpha value is -2.29. The molecule has 0 saturated heterocycles. The summed E-state index contributed by atoms with van der Waals surface area (Å²) in [6, 6.07) is 15.7. The zero-order valence-electron chi connectivity index (χ0n) is 12.7. The quantitative estimate of drug-likeness (QED) is 0.911. The monoisotopic (exact) mass is 283 g/mol. The van der Waals surface area contributed by atoms with Gasteiger partial charge in [-0.05, 0) is 36.1 Å². The number of ether oxygens (including phenoxy) is 1. The summed E-state index contributed by atoms with van der Waals surface area (Å²) in [6.07, 6.45) is 0. The van der Waals surface area contributed by atoms with Crippen molar-refractivity contribution < 1.29 is 9.53 Å². The molecule has 0 saturated carbocycles. The van der Waals surface area contributed by atoms with Gasteiger partial charge in [-0.2, -0.15) is 0 Å². The molecular formula is C18H21NO2. The predicted molar refractivity (Wildman–Crippen MR) is 84.9 cm³/mol. The van der Waals surface area contributed by atoms with Crippen molar-refractivity contribution in [1.29, 1.82) is 0 Å². The van der Waals surface area contributed by atoms with Gasteiger partial charge in [-0.25, -0.2) is 0 Å². The molecule has 1 atom stereocenters. The van der Waals surface area contributed by atoms with Gasteiger partial charge in [-0.3, -0.25) is 4.79 Å². The normalized spacial score (nSPS) is 11.8. The van der Waals surface area contributed by atoms with E-state index >= 15 is 0 Å². The van der Waals surface area contributed by atoms with Crippen LogP contribution in [0.3, 0.4) is 0 Å². The topological polar surface area (TPSA) is 38.3 Å². The van der Waals surface area contributed by atoms with Crippen LogP contribution in [0, 0.1) is 6.92 Å². The van der Waals surface area contributed by atoms with E-state index in [2.05, 4.69) is 24.4 Å². The number of rotatable bonds is 5. The predicted octanol–water partition coefficient (Wildman–Crippen LogP) is 3.54. The van der Waals surface area contributed by atoms with Crippen LogP contribution in [0.2, 0.25) is 0 Å². The summed E-state index contributed by atoms with van der Waals surface area (Å²) in [5.74, 6) is 0.942. The van der Waals surface area contributed by atoms with Gasteiger partial charge >= 0.3 is 0 Å². The molecule has 3 nitrogen and oxygen atoms in total. The van der Waals surface area contributed by atoms with Gasteiger partial charge < -0.3 is 10.1 Å². The molecule has 0 aliphatic heterocycles. The minimum absolute atomic E-state index is 0.0731. The van der Waals surface area contributed by atoms with Crippen molar-refractivity contribution in [2.75, 3.05) is 13.7 Å². The second-order valence-corrected chi connectivity index (χ2v) is 5.21. The number of hydrogen-bond acceptors (Lipinski definition) is 2. The summed E-state index contributed by atoms with van der Waals surface area (Å²) >= 11 is 0. The molecule has 0 aliphatic carbocycles. The summed E-state index contributed by atoms with van der Waals surface area (Å²) in [4.78, 5) is 12.2. The Morgan fingerprint density at radius 3 is 2.57 bits per heavy atom. The van der Waals surface area contributed by atoms with Gasteiger partial charge in [0.1, 0.15) is 5.75 Å². The van der Waals surface area contributed by atoms with Gasteiger partial charge in [-0.15, -0.1) is 0 Å². The highest BCUT2D eigenvalue weighted by molar-refractivity contribution is 5.94. The number of amides is 1. The average Bonchev–Trinajstić information content (AvgIpc) is 2.53. The average molecular weight is 283 g/mol. The number of benzene rings is 2.